The van der Waals surface area contributed by atoms with E-state index in [2.05, 4.69) is 0 Å². The zero-order valence-corrected chi connectivity index (χ0v) is 9.56. The maximum absolute atomic E-state index is 11.8. The molecule has 1 fully saturated rings. The van der Waals surface area contributed by atoms with Crippen molar-refractivity contribution in [1.82, 2.24) is 0 Å². The fraction of sp³-hybridized carbons (Fsp3) is 0.417. The van der Waals surface area contributed by atoms with Crippen molar-refractivity contribution in [2.75, 3.05) is 17.2 Å². The lowest BCUT2D eigenvalue weighted by atomic mass is 10.0. The highest BCUT2D eigenvalue weighted by Crippen LogP contribution is 2.29. The van der Waals surface area contributed by atoms with Gasteiger partial charge in [0, 0.05) is 13.0 Å². The van der Waals surface area contributed by atoms with E-state index < -0.39 is 0 Å². The summed E-state index contributed by atoms with van der Waals surface area (Å²) in [5.74, 6) is 0. The number of amides is 1. The van der Waals surface area contributed by atoms with Gasteiger partial charge in [-0.2, -0.15) is 0 Å². The van der Waals surface area contributed by atoms with Crippen LogP contribution in [0.4, 0.5) is 16.2 Å². The van der Waals surface area contributed by atoms with E-state index in [0.29, 0.717) is 12.2 Å². The van der Waals surface area contributed by atoms with Crippen LogP contribution in [0, 0.1) is 0 Å². The van der Waals surface area contributed by atoms with E-state index in [1.165, 1.54) is 0 Å². The SMILES string of the molecule is CC1(C)CCN(c2ccccc2N)C(=O)O1. The van der Waals surface area contributed by atoms with Gasteiger partial charge in [0.2, 0.25) is 0 Å². The zero-order valence-electron chi connectivity index (χ0n) is 9.56. The number of ether oxygens (including phenoxy) is 1. The van der Waals surface area contributed by atoms with Crippen LogP contribution < -0.4 is 10.6 Å². The largest absolute Gasteiger partial charge is 0.443 e. The Balaban J connectivity index is 2.24. The molecule has 1 aliphatic heterocycles. The molecule has 1 aliphatic rings. The fourth-order valence-corrected chi connectivity index (χ4v) is 1.77. The van der Waals surface area contributed by atoms with Gasteiger partial charge in [0.15, 0.2) is 0 Å². The molecule has 1 aromatic rings. The Bertz CT molecular complexity index is 415. The second-order valence-electron chi connectivity index (χ2n) is 4.59. The predicted octanol–water partition coefficient (Wildman–Crippen LogP) is 2.39. The molecule has 1 heterocycles. The summed E-state index contributed by atoms with van der Waals surface area (Å²) in [6.45, 7) is 4.47. The van der Waals surface area contributed by atoms with Crippen LogP contribution in [0.3, 0.4) is 0 Å². The highest BCUT2D eigenvalue weighted by molar-refractivity contribution is 5.92. The Morgan fingerprint density at radius 1 is 1.38 bits per heavy atom. The van der Waals surface area contributed by atoms with Gasteiger partial charge in [-0.25, -0.2) is 4.79 Å². The summed E-state index contributed by atoms with van der Waals surface area (Å²) in [5, 5.41) is 0. The van der Waals surface area contributed by atoms with Gasteiger partial charge in [-0.1, -0.05) is 12.1 Å². The van der Waals surface area contributed by atoms with Crippen LogP contribution in [0.15, 0.2) is 24.3 Å². The van der Waals surface area contributed by atoms with Crippen LogP contribution in [-0.2, 0) is 4.74 Å². The molecule has 1 saturated heterocycles. The molecule has 1 amide bonds. The van der Waals surface area contributed by atoms with Crippen LogP contribution >= 0.6 is 0 Å². The minimum atomic E-state index is -0.378. The molecule has 4 heteroatoms. The van der Waals surface area contributed by atoms with Gasteiger partial charge in [0.25, 0.3) is 0 Å². The first-order valence-electron chi connectivity index (χ1n) is 5.35. The van der Waals surface area contributed by atoms with Crippen LogP contribution in [0.2, 0.25) is 0 Å². The molecule has 86 valence electrons. The second kappa shape index (κ2) is 3.70. The van der Waals surface area contributed by atoms with Crippen LogP contribution in [0.1, 0.15) is 20.3 Å². The van der Waals surface area contributed by atoms with Crippen molar-refractivity contribution in [3.05, 3.63) is 24.3 Å². The number of carbonyl (C=O) groups is 1. The van der Waals surface area contributed by atoms with Crippen molar-refractivity contribution < 1.29 is 9.53 Å². The number of para-hydroxylation sites is 2. The van der Waals surface area contributed by atoms with E-state index in [-0.39, 0.29) is 11.7 Å². The first-order chi connectivity index (χ1) is 7.49. The third kappa shape index (κ3) is 1.96. The molecular formula is C12H16N2O2. The summed E-state index contributed by atoms with van der Waals surface area (Å²) in [7, 11) is 0. The Morgan fingerprint density at radius 2 is 2.06 bits per heavy atom. The number of nitrogens with two attached hydrogens (primary N) is 1. The number of rotatable bonds is 1. The first-order valence-corrected chi connectivity index (χ1v) is 5.35. The summed E-state index contributed by atoms with van der Waals surface area (Å²) < 4.78 is 5.33. The maximum atomic E-state index is 11.8. The number of anilines is 2. The average molecular weight is 220 g/mol. The van der Waals surface area contributed by atoms with Crippen molar-refractivity contribution in [2.45, 2.75) is 25.9 Å². The molecule has 0 bridgehead atoms. The zero-order chi connectivity index (χ0) is 11.8. The normalized spacial score (nSPS) is 19.4. The molecule has 4 nitrogen and oxygen atoms in total. The third-order valence-electron chi connectivity index (χ3n) is 2.75. The summed E-state index contributed by atoms with van der Waals surface area (Å²) in [4.78, 5) is 13.4. The van der Waals surface area contributed by atoms with Crippen LogP contribution in [0.5, 0.6) is 0 Å². The minimum absolute atomic E-state index is 0.325. The van der Waals surface area contributed by atoms with Crippen molar-refractivity contribution in [3.63, 3.8) is 0 Å². The average Bonchev–Trinajstić information content (AvgIpc) is 2.18. The van der Waals surface area contributed by atoms with E-state index in [0.717, 1.165) is 12.1 Å². The predicted molar refractivity (Wildman–Crippen MR) is 63.4 cm³/mol. The third-order valence-corrected chi connectivity index (χ3v) is 2.75. The lowest BCUT2D eigenvalue weighted by Gasteiger charge is -2.36. The molecule has 0 aromatic heterocycles. The summed E-state index contributed by atoms with van der Waals surface area (Å²) >= 11 is 0. The smallest absolute Gasteiger partial charge is 0.414 e. The topological polar surface area (TPSA) is 55.6 Å². The Morgan fingerprint density at radius 3 is 2.69 bits per heavy atom. The van der Waals surface area contributed by atoms with E-state index in [9.17, 15) is 4.79 Å². The standard InChI is InChI=1S/C12H16N2O2/c1-12(2)7-8-14(11(15)16-12)10-6-4-3-5-9(10)13/h3-6H,7-8,13H2,1-2H3. The highest BCUT2D eigenvalue weighted by Gasteiger charge is 2.33. The van der Waals surface area contributed by atoms with Gasteiger partial charge < -0.3 is 10.5 Å². The number of hydrogen-bond donors (Lipinski definition) is 1. The summed E-state index contributed by atoms with van der Waals surface area (Å²) in [6.07, 6.45) is 0.474. The number of nitrogen functional groups attached to an aromatic ring is 1. The Labute approximate surface area is 95.0 Å². The number of nitrogens with zero attached hydrogens (tertiary/aromatic N) is 1. The van der Waals surface area contributed by atoms with E-state index in [1.54, 1.807) is 11.0 Å². The van der Waals surface area contributed by atoms with Gasteiger partial charge in [0.05, 0.1) is 11.4 Å². The lowest BCUT2D eigenvalue weighted by Crippen LogP contribution is -2.46. The van der Waals surface area contributed by atoms with Gasteiger partial charge in [-0.05, 0) is 26.0 Å². The fourth-order valence-electron chi connectivity index (χ4n) is 1.77. The van der Waals surface area contributed by atoms with Crippen molar-refractivity contribution in [2.24, 2.45) is 0 Å². The monoisotopic (exact) mass is 220 g/mol. The minimum Gasteiger partial charge on any atom is -0.443 e. The molecule has 0 spiro atoms. The molecule has 16 heavy (non-hydrogen) atoms. The van der Waals surface area contributed by atoms with Crippen molar-refractivity contribution in [3.8, 4) is 0 Å². The van der Waals surface area contributed by atoms with E-state index in [4.69, 9.17) is 10.5 Å². The lowest BCUT2D eigenvalue weighted by molar-refractivity contribution is 0.0236. The van der Waals surface area contributed by atoms with Gasteiger partial charge in [-0.15, -0.1) is 0 Å². The molecule has 1 aromatic carbocycles. The number of benzene rings is 1. The molecule has 2 rings (SSSR count). The van der Waals surface area contributed by atoms with Gasteiger partial charge >= 0.3 is 6.09 Å². The Hall–Kier alpha value is -1.71. The molecular weight excluding hydrogens is 204 g/mol. The molecule has 0 saturated carbocycles. The molecule has 0 aliphatic carbocycles. The van der Waals surface area contributed by atoms with Crippen LogP contribution in [-0.4, -0.2) is 18.2 Å². The molecule has 0 atom stereocenters. The maximum Gasteiger partial charge on any atom is 0.414 e. The first kappa shape index (κ1) is 10.8. The number of carbonyl (C=O) groups excluding carboxylic acids is 1. The van der Waals surface area contributed by atoms with Crippen molar-refractivity contribution in [1.29, 1.82) is 0 Å². The van der Waals surface area contributed by atoms with Crippen molar-refractivity contribution >= 4 is 17.5 Å². The Kier molecular flexibility index (Phi) is 2.50. The van der Waals surface area contributed by atoms with Gasteiger partial charge in [-0.3, -0.25) is 4.90 Å². The molecule has 0 radical (unpaired) electrons. The van der Waals surface area contributed by atoms with E-state index >= 15 is 0 Å². The van der Waals surface area contributed by atoms with Gasteiger partial charge in [0.1, 0.15) is 5.60 Å². The summed E-state index contributed by atoms with van der Waals surface area (Å²) in [6, 6.07) is 7.31. The number of cyclic esters (lactones) is 1. The number of hydrogen-bond acceptors (Lipinski definition) is 3. The molecule has 0 unspecified atom stereocenters. The molecule has 2 N–H and O–H groups in total. The van der Waals surface area contributed by atoms with Crippen LogP contribution in [0.25, 0.3) is 0 Å². The second-order valence-corrected chi connectivity index (χ2v) is 4.59. The summed E-state index contributed by atoms with van der Waals surface area (Å²) in [5.41, 5.74) is 6.78. The highest BCUT2D eigenvalue weighted by atomic mass is 16.6. The quantitative estimate of drug-likeness (QED) is 0.739. The van der Waals surface area contributed by atoms with E-state index in [1.807, 2.05) is 32.0 Å².